The van der Waals surface area contributed by atoms with E-state index in [1.165, 1.54) is 0 Å². The highest BCUT2D eigenvalue weighted by molar-refractivity contribution is 6.32. The zero-order valence-corrected chi connectivity index (χ0v) is 8.03. The van der Waals surface area contributed by atoms with E-state index < -0.39 is 17.8 Å². The van der Waals surface area contributed by atoms with Gasteiger partial charge in [-0.1, -0.05) is 23.2 Å². The predicted octanol–water partition coefficient (Wildman–Crippen LogP) is 2.98. The number of aliphatic hydroxyl groups is 1. The molecule has 0 aliphatic heterocycles. The second-order valence-electron chi connectivity index (χ2n) is 2.47. The number of pyridine rings is 1. The molecule has 1 atom stereocenters. The van der Waals surface area contributed by atoms with E-state index in [0.717, 1.165) is 12.3 Å². The Morgan fingerprint density at radius 2 is 1.93 bits per heavy atom. The maximum atomic E-state index is 12.1. The molecule has 1 N–H and O–H groups in total. The summed E-state index contributed by atoms with van der Waals surface area (Å²) in [7, 11) is 0. The molecule has 1 aromatic rings. The first-order valence-electron chi connectivity index (χ1n) is 3.38. The Balaban J connectivity index is 3.12. The van der Waals surface area contributed by atoms with Gasteiger partial charge in [-0.25, -0.2) is 4.98 Å². The van der Waals surface area contributed by atoms with Gasteiger partial charge in [0.05, 0.1) is 5.02 Å². The molecule has 0 aliphatic carbocycles. The lowest BCUT2D eigenvalue weighted by Gasteiger charge is -2.15. The van der Waals surface area contributed by atoms with Crippen LogP contribution in [0.2, 0.25) is 10.2 Å². The summed E-state index contributed by atoms with van der Waals surface area (Å²) in [5.41, 5.74) is -0.501. The molecule has 0 bridgehead atoms. The standard InChI is InChI=1S/C7H4Cl2F3NO/c8-4-2-13-5(9)1-3(4)6(14)7(10,11)12/h1-2,6,14H/t6-/m0/s1. The molecule has 14 heavy (non-hydrogen) atoms. The predicted molar refractivity (Wildman–Crippen MR) is 45.3 cm³/mol. The number of hydrogen-bond donors (Lipinski definition) is 1. The van der Waals surface area contributed by atoms with E-state index in [4.69, 9.17) is 28.3 Å². The minimum Gasteiger partial charge on any atom is -0.379 e. The summed E-state index contributed by atoms with van der Waals surface area (Å²) < 4.78 is 36.2. The first-order chi connectivity index (χ1) is 6.32. The van der Waals surface area contributed by atoms with Crippen molar-refractivity contribution >= 4 is 23.2 Å². The van der Waals surface area contributed by atoms with Gasteiger partial charge in [-0.15, -0.1) is 0 Å². The van der Waals surface area contributed by atoms with Gasteiger partial charge < -0.3 is 5.11 Å². The quantitative estimate of drug-likeness (QED) is 0.772. The van der Waals surface area contributed by atoms with Crippen LogP contribution in [0.3, 0.4) is 0 Å². The minimum absolute atomic E-state index is 0.160. The molecule has 0 aromatic carbocycles. The number of halogens is 5. The Labute approximate surface area is 87.3 Å². The van der Waals surface area contributed by atoms with Gasteiger partial charge in [0.2, 0.25) is 0 Å². The number of nitrogens with zero attached hydrogens (tertiary/aromatic N) is 1. The lowest BCUT2D eigenvalue weighted by molar-refractivity contribution is -0.206. The molecule has 0 unspecified atom stereocenters. The highest BCUT2D eigenvalue weighted by Gasteiger charge is 2.40. The van der Waals surface area contributed by atoms with E-state index in [0.29, 0.717) is 0 Å². The number of aromatic nitrogens is 1. The monoisotopic (exact) mass is 245 g/mol. The van der Waals surface area contributed by atoms with Crippen LogP contribution >= 0.6 is 23.2 Å². The maximum Gasteiger partial charge on any atom is 0.418 e. The van der Waals surface area contributed by atoms with Crippen LogP contribution in [0.5, 0.6) is 0 Å². The van der Waals surface area contributed by atoms with E-state index in [2.05, 4.69) is 4.98 Å². The zero-order chi connectivity index (χ0) is 10.9. The third kappa shape index (κ3) is 2.50. The Kier molecular flexibility index (Phi) is 3.24. The van der Waals surface area contributed by atoms with E-state index >= 15 is 0 Å². The van der Waals surface area contributed by atoms with Crippen molar-refractivity contribution in [1.82, 2.24) is 4.98 Å². The third-order valence-corrected chi connectivity index (χ3v) is 1.98. The van der Waals surface area contributed by atoms with Crippen LogP contribution < -0.4 is 0 Å². The van der Waals surface area contributed by atoms with Crippen molar-refractivity contribution < 1.29 is 18.3 Å². The van der Waals surface area contributed by atoms with Gasteiger partial charge in [-0.3, -0.25) is 0 Å². The second-order valence-corrected chi connectivity index (χ2v) is 3.27. The molecular weight excluding hydrogens is 242 g/mol. The highest BCUT2D eigenvalue weighted by atomic mass is 35.5. The molecule has 0 saturated carbocycles. The maximum absolute atomic E-state index is 12.1. The molecule has 1 aromatic heterocycles. The number of hydrogen-bond acceptors (Lipinski definition) is 2. The number of aliphatic hydroxyl groups excluding tert-OH is 1. The van der Waals surface area contributed by atoms with E-state index in [1.807, 2.05) is 0 Å². The van der Waals surface area contributed by atoms with E-state index in [-0.39, 0.29) is 10.2 Å². The van der Waals surface area contributed by atoms with Crippen LogP contribution in [0, 0.1) is 0 Å². The average Bonchev–Trinajstić information content (AvgIpc) is 2.06. The summed E-state index contributed by atoms with van der Waals surface area (Å²) in [6, 6.07) is 0.877. The molecule has 1 heterocycles. The number of alkyl halides is 3. The fourth-order valence-electron chi connectivity index (χ4n) is 0.813. The van der Waals surface area contributed by atoms with Crippen molar-refractivity contribution in [2.75, 3.05) is 0 Å². The van der Waals surface area contributed by atoms with Gasteiger partial charge in [-0.05, 0) is 6.07 Å². The summed E-state index contributed by atoms with van der Waals surface area (Å²) >= 11 is 10.8. The van der Waals surface area contributed by atoms with Crippen molar-refractivity contribution in [3.63, 3.8) is 0 Å². The van der Waals surface area contributed by atoms with Crippen molar-refractivity contribution in [3.05, 3.63) is 28.0 Å². The smallest absolute Gasteiger partial charge is 0.379 e. The number of rotatable bonds is 1. The molecule has 0 amide bonds. The van der Waals surface area contributed by atoms with Crippen molar-refractivity contribution in [1.29, 1.82) is 0 Å². The fourth-order valence-corrected chi connectivity index (χ4v) is 1.19. The van der Waals surface area contributed by atoms with Crippen molar-refractivity contribution in [2.45, 2.75) is 12.3 Å². The molecule has 0 aliphatic rings. The van der Waals surface area contributed by atoms with Crippen LogP contribution in [0.25, 0.3) is 0 Å². The molecule has 1 rings (SSSR count). The first-order valence-corrected chi connectivity index (χ1v) is 4.13. The fraction of sp³-hybridized carbons (Fsp3) is 0.286. The summed E-state index contributed by atoms with van der Waals surface area (Å²) in [5.74, 6) is 0. The third-order valence-electron chi connectivity index (χ3n) is 1.46. The van der Waals surface area contributed by atoms with Crippen LogP contribution in [-0.2, 0) is 0 Å². The molecule has 0 fully saturated rings. The Hall–Kier alpha value is -0.520. The second kappa shape index (κ2) is 3.92. The van der Waals surface area contributed by atoms with E-state index in [9.17, 15) is 13.2 Å². The zero-order valence-electron chi connectivity index (χ0n) is 6.52. The lowest BCUT2D eigenvalue weighted by atomic mass is 10.1. The normalized spacial score (nSPS) is 14.1. The topological polar surface area (TPSA) is 33.1 Å². The lowest BCUT2D eigenvalue weighted by Crippen LogP contribution is -2.20. The van der Waals surface area contributed by atoms with Crippen LogP contribution in [0.4, 0.5) is 13.2 Å². The van der Waals surface area contributed by atoms with Crippen molar-refractivity contribution in [3.8, 4) is 0 Å². The molecule has 0 radical (unpaired) electrons. The average molecular weight is 246 g/mol. The molecule has 0 spiro atoms. The van der Waals surface area contributed by atoms with Gasteiger partial charge in [0.15, 0.2) is 6.10 Å². The van der Waals surface area contributed by atoms with Gasteiger partial charge in [-0.2, -0.15) is 13.2 Å². The minimum atomic E-state index is -4.77. The highest BCUT2D eigenvalue weighted by Crippen LogP contribution is 2.36. The van der Waals surface area contributed by atoms with Gasteiger partial charge >= 0.3 is 6.18 Å². The Bertz CT molecular complexity index is 342. The first kappa shape index (κ1) is 11.6. The molecular formula is C7H4Cl2F3NO. The van der Waals surface area contributed by atoms with Crippen LogP contribution in [0.1, 0.15) is 11.7 Å². The summed E-state index contributed by atoms with van der Waals surface area (Å²) in [6.07, 6.45) is -6.46. The summed E-state index contributed by atoms with van der Waals surface area (Å²) in [4.78, 5) is 3.46. The molecule has 78 valence electrons. The van der Waals surface area contributed by atoms with Crippen molar-refractivity contribution in [2.24, 2.45) is 0 Å². The van der Waals surface area contributed by atoms with Gasteiger partial charge in [0.1, 0.15) is 5.15 Å². The van der Waals surface area contributed by atoms with Gasteiger partial charge in [0, 0.05) is 11.8 Å². The molecule has 7 heteroatoms. The van der Waals surface area contributed by atoms with Crippen LogP contribution in [0.15, 0.2) is 12.3 Å². The summed E-state index contributed by atoms with van der Waals surface area (Å²) in [5, 5.41) is 8.43. The molecule has 2 nitrogen and oxygen atoms in total. The Morgan fingerprint density at radius 3 is 2.43 bits per heavy atom. The van der Waals surface area contributed by atoms with Gasteiger partial charge in [0.25, 0.3) is 0 Å². The SMILES string of the molecule is O[C@@H](c1cc(Cl)ncc1Cl)C(F)(F)F. The Morgan fingerprint density at radius 1 is 1.36 bits per heavy atom. The largest absolute Gasteiger partial charge is 0.418 e. The molecule has 0 saturated heterocycles. The van der Waals surface area contributed by atoms with Crippen LogP contribution in [-0.4, -0.2) is 16.3 Å². The summed E-state index contributed by atoms with van der Waals surface area (Å²) in [6.45, 7) is 0. The van der Waals surface area contributed by atoms with E-state index in [1.54, 1.807) is 0 Å².